The Bertz CT molecular complexity index is 939. The van der Waals surface area contributed by atoms with Crippen molar-refractivity contribution in [1.82, 2.24) is 14.9 Å². The SMILES string of the molecule is COc1cc(/C=N\n2c(C)nnc2SCc2ccccc2)ccc1OC(C)C. The van der Waals surface area contributed by atoms with E-state index in [0.29, 0.717) is 11.5 Å². The summed E-state index contributed by atoms with van der Waals surface area (Å²) >= 11 is 1.60. The molecule has 0 N–H and O–H groups in total. The second-order valence-electron chi connectivity index (χ2n) is 6.44. The summed E-state index contributed by atoms with van der Waals surface area (Å²) in [5.74, 6) is 2.94. The van der Waals surface area contributed by atoms with Crippen LogP contribution in [0.1, 0.15) is 30.8 Å². The molecule has 0 unspecified atom stereocenters. The van der Waals surface area contributed by atoms with Crippen LogP contribution in [0.15, 0.2) is 58.8 Å². The van der Waals surface area contributed by atoms with Gasteiger partial charge < -0.3 is 9.47 Å². The van der Waals surface area contributed by atoms with E-state index in [0.717, 1.165) is 22.3 Å². The van der Waals surface area contributed by atoms with E-state index in [1.807, 2.05) is 57.2 Å². The zero-order valence-corrected chi connectivity index (χ0v) is 17.3. The van der Waals surface area contributed by atoms with Crippen LogP contribution in [0.5, 0.6) is 11.5 Å². The molecule has 3 rings (SSSR count). The lowest BCUT2D eigenvalue weighted by atomic mass is 10.2. The molecule has 0 saturated heterocycles. The molecule has 28 heavy (non-hydrogen) atoms. The first-order chi connectivity index (χ1) is 13.6. The maximum atomic E-state index is 5.76. The Hall–Kier alpha value is -2.80. The molecule has 0 spiro atoms. The fraction of sp³-hybridized carbons (Fsp3) is 0.286. The van der Waals surface area contributed by atoms with E-state index in [2.05, 4.69) is 27.4 Å². The van der Waals surface area contributed by atoms with Gasteiger partial charge in [0.05, 0.1) is 19.4 Å². The third-order valence-electron chi connectivity index (χ3n) is 3.85. The van der Waals surface area contributed by atoms with Crippen molar-refractivity contribution < 1.29 is 9.47 Å². The third-order valence-corrected chi connectivity index (χ3v) is 4.84. The molecule has 7 heteroatoms. The van der Waals surface area contributed by atoms with Gasteiger partial charge in [-0.3, -0.25) is 0 Å². The van der Waals surface area contributed by atoms with Crippen molar-refractivity contribution in [2.75, 3.05) is 7.11 Å². The monoisotopic (exact) mass is 396 g/mol. The van der Waals surface area contributed by atoms with Gasteiger partial charge in [0.2, 0.25) is 5.16 Å². The molecule has 0 atom stereocenters. The van der Waals surface area contributed by atoms with Crippen LogP contribution in [0.3, 0.4) is 0 Å². The number of methoxy groups -OCH3 is 1. The van der Waals surface area contributed by atoms with Crippen LogP contribution in [0.2, 0.25) is 0 Å². The molecule has 0 bridgehead atoms. The topological polar surface area (TPSA) is 61.5 Å². The van der Waals surface area contributed by atoms with Gasteiger partial charge in [-0.2, -0.15) is 9.78 Å². The summed E-state index contributed by atoms with van der Waals surface area (Å²) in [4.78, 5) is 0. The van der Waals surface area contributed by atoms with E-state index in [4.69, 9.17) is 9.47 Å². The number of hydrogen-bond donors (Lipinski definition) is 0. The summed E-state index contributed by atoms with van der Waals surface area (Å²) in [5.41, 5.74) is 2.13. The van der Waals surface area contributed by atoms with Crippen molar-refractivity contribution in [1.29, 1.82) is 0 Å². The fourth-order valence-electron chi connectivity index (χ4n) is 2.52. The first-order valence-electron chi connectivity index (χ1n) is 9.04. The maximum Gasteiger partial charge on any atom is 0.212 e. The van der Waals surface area contributed by atoms with Crippen LogP contribution in [0, 0.1) is 6.92 Å². The predicted molar refractivity (Wildman–Crippen MR) is 113 cm³/mol. The minimum absolute atomic E-state index is 0.0808. The average Bonchev–Trinajstić information content (AvgIpc) is 3.05. The highest BCUT2D eigenvalue weighted by molar-refractivity contribution is 7.98. The second-order valence-corrected chi connectivity index (χ2v) is 7.38. The van der Waals surface area contributed by atoms with E-state index in [1.165, 1.54) is 5.56 Å². The van der Waals surface area contributed by atoms with Gasteiger partial charge in [0.25, 0.3) is 0 Å². The first-order valence-corrected chi connectivity index (χ1v) is 10.0. The van der Waals surface area contributed by atoms with Crippen molar-refractivity contribution in [2.45, 2.75) is 37.8 Å². The molecule has 1 aromatic heterocycles. The minimum atomic E-state index is 0.0808. The molecule has 6 nitrogen and oxygen atoms in total. The molecule has 146 valence electrons. The number of aryl methyl sites for hydroxylation is 1. The Balaban J connectivity index is 1.76. The molecule has 0 aliphatic heterocycles. The summed E-state index contributed by atoms with van der Waals surface area (Å²) < 4.78 is 12.9. The van der Waals surface area contributed by atoms with Gasteiger partial charge in [-0.15, -0.1) is 10.2 Å². The Morgan fingerprint density at radius 2 is 1.89 bits per heavy atom. The Morgan fingerprint density at radius 3 is 2.61 bits per heavy atom. The zero-order valence-electron chi connectivity index (χ0n) is 16.5. The molecule has 0 radical (unpaired) electrons. The number of nitrogens with zero attached hydrogens (tertiary/aromatic N) is 4. The van der Waals surface area contributed by atoms with Gasteiger partial charge in [-0.05, 0) is 50.1 Å². The first kappa shape index (κ1) is 19.9. The van der Waals surface area contributed by atoms with Crippen LogP contribution >= 0.6 is 11.8 Å². The number of benzene rings is 2. The van der Waals surface area contributed by atoms with Crippen molar-refractivity contribution in [3.63, 3.8) is 0 Å². The summed E-state index contributed by atoms with van der Waals surface area (Å²) in [7, 11) is 1.63. The molecular weight excluding hydrogens is 372 g/mol. The van der Waals surface area contributed by atoms with Gasteiger partial charge in [0.15, 0.2) is 17.3 Å². The van der Waals surface area contributed by atoms with Crippen molar-refractivity contribution in [3.8, 4) is 11.5 Å². The van der Waals surface area contributed by atoms with Gasteiger partial charge in [0.1, 0.15) is 0 Å². The van der Waals surface area contributed by atoms with E-state index < -0.39 is 0 Å². The number of thioether (sulfide) groups is 1. The summed E-state index contributed by atoms with van der Waals surface area (Å²) in [6, 6.07) is 16.0. The number of hydrogen-bond acceptors (Lipinski definition) is 6. The fourth-order valence-corrected chi connectivity index (χ4v) is 3.41. The number of ether oxygens (including phenoxy) is 2. The molecule has 0 aliphatic carbocycles. The van der Waals surface area contributed by atoms with E-state index >= 15 is 0 Å². The van der Waals surface area contributed by atoms with Crippen LogP contribution < -0.4 is 9.47 Å². The lowest BCUT2D eigenvalue weighted by Crippen LogP contribution is -2.06. The minimum Gasteiger partial charge on any atom is -0.493 e. The number of rotatable bonds is 8. The van der Waals surface area contributed by atoms with Crippen LogP contribution in [-0.2, 0) is 5.75 Å². The molecule has 0 aliphatic rings. The zero-order chi connectivity index (χ0) is 19.9. The Labute approximate surface area is 169 Å². The molecule has 2 aromatic carbocycles. The van der Waals surface area contributed by atoms with Crippen LogP contribution in [0.25, 0.3) is 0 Å². The van der Waals surface area contributed by atoms with E-state index in [9.17, 15) is 0 Å². The molecule has 1 heterocycles. The molecule has 0 amide bonds. The van der Waals surface area contributed by atoms with E-state index in [-0.39, 0.29) is 6.10 Å². The standard InChI is InChI=1S/C21H24N4O2S/c1-15(2)27-19-11-10-18(12-20(19)26-4)13-22-25-16(3)23-24-21(25)28-14-17-8-6-5-7-9-17/h5-13,15H,14H2,1-4H3/b22-13-. The summed E-state index contributed by atoms with van der Waals surface area (Å²) in [6.07, 6.45) is 1.85. The van der Waals surface area contributed by atoms with Gasteiger partial charge >= 0.3 is 0 Å². The normalized spacial score (nSPS) is 11.3. The molecular formula is C21H24N4O2S. The molecule has 0 saturated carbocycles. The van der Waals surface area contributed by atoms with E-state index in [1.54, 1.807) is 29.8 Å². The average molecular weight is 397 g/mol. The molecule has 3 aromatic rings. The van der Waals surface area contributed by atoms with Gasteiger partial charge in [0, 0.05) is 5.75 Å². The second kappa shape index (κ2) is 9.41. The Kier molecular flexibility index (Phi) is 6.71. The highest BCUT2D eigenvalue weighted by atomic mass is 32.2. The third kappa shape index (κ3) is 5.13. The van der Waals surface area contributed by atoms with Crippen molar-refractivity contribution in [2.24, 2.45) is 5.10 Å². The summed E-state index contributed by atoms with van der Waals surface area (Å²) in [6.45, 7) is 5.85. The summed E-state index contributed by atoms with van der Waals surface area (Å²) in [5, 5.41) is 13.7. The van der Waals surface area contributed by atoms with Crippen molar-refractivity contribution in [3.05, 3.63) is 65.5 Å². The highest BCUT2D eigenvalue weighted by Gasteiger charge is 2.10. The van der Waals surface area contributed by atoms with Crippen molar-refractivity contribution >= 4 is 18.0 Å². The Morgan fingerprint density at radius 1 is 1.11 bits per heavy atom. The van der Waals surface area contributed by atoms with Gasteiger partial charge in [-0.25, -0.2) is 0 Å². The highest BCUT2D eigenvalue weighted by Crippen LogP contribution is 2.28. The lowest BCUT2D eigenvalue weighted by molar-refractivity contribution is 0.230. The van der Waals surface area contributed by atoms with Gasteiger partial charge in [-0.1, -0.05) is 42.1 Å². The lowest BCUT2D eigenvalue weighted by Gasteiger charge is -2.13. The quantitative estimate of drug-likeness (QED) is 0.413. The largest absolute Gasteiger partial charge is 0.493 e. The predicted octanol–water partition coefficient (Wildman–Crippen LogP) is 4.56. The van der Waals surface area contributed by atoms with Crippen LogP contribution in [-0.4, -0.2) is 34.3 Å². The van der Waals surface area contributed by atoms with Crippen LogP contribution in [0.4, 0.5) is 0 Å². The smallest absolute Gasteiger partial charge is 0.212 e. The number of aromatic nitrogens is 3. The maximum absolute atomic E-state index is 5.76. The molecule has 0 fully saturated rings.